The largest absolute Gasteiger partial charge is 0.310 e. The first-order chi connectivity index (χ1) is 12.3. The van der Waals surface area contributed by atoms with Crippen LogP contribution in [0.2, 0.25) is 5.02 Å². The van der Waals surface area contributed by atoms with E-state index in [0.29, 0.717) is 6.04 Å². The Labute approximate surface area is 162 Å². The maximum absolute atomic E-state index is 6.01. The van der Waals surface area contributed by atoms with Crippen LogP contribution in [0.4, 0.5) is 0 Å². The Balaban J connectivity index is 1.63. The molecule has 5 heteroatoms. The number of halogens is 1. The molecule has 0 aliphatic carbocycles. The summed E-state index contributed by atoms with van der Waals surface area (Å²) in [6.45, 7) is 14.4. The molecule has 26 heavy (non-hydrogen) atoms. The standard InChI is InChI=1S/C21H31ClN4/c1-15-20(14-23-18-10-12-25(13-11-18)21(3,4)5)16(2)26(24-15)19-8-6-17(22)7-9-19/h6-9,18,23H,10-14H2,1-5H3. The topological polar surface area (TPSA) is 33.1 Å². The number of hydrogen-bond donors (Lipinski definition) is 1. The van der Waals surface area contributed by atoms with Crippen LogP contribution < -0.4 is 5.32 Å². The molecule has 142 valence electrons. The van der Waals surface area contributed by atoms with Crippen molar-refractivity contribution in [3.05, 3.63) is 46.2 Å². The summed E-state index contributed by atoms with van der Waals surface area (Å²) in [6.07, 6.45) is 2.42. The van der Waals surface area contributed by atoms with Crippen molar-refractivity contribution in [1.29, 1.82) is 0 Å². The minimum atomic E-state index is 0.276. The summed E-state index contributed by atoms with van der Waals surface area (Å²) in [5.41, 5.74) is 4.93. The van der Waals surface area contributed by atoms with Gasteiger partial charge >= 0.3 is 0 Å². The number of hydrogen-bond acceptors (Lipinski definition) is 3. The van der Waals surface area contributed by atoms with Crippen LogP contribution in [-0.4, -0.2) is 39.4 Å². The van der Waals surface area contributed by atoms with Gasteiger partial charge in [0.15, 0.2) is 0 Å². The van der Waals surface area contributed by atoms with E-state index in [-0.39, 0.29) is 5.54 Å². The molecular weight excluding hydrogens is 344 g/mol. The molecule has 1 fully saturated rings. The van der Waals surface area contributed by atoms with Gasteiger partial charge in [-0.2, -0.15) is 5.10 Å². The van der Waals surface area contributed by atoms with Crippen LogP contribution in [0.5, 0.6) is 0 Å². The van der Waals surface area contributed by atoms with Gasteiger partial charge in [0.2, 0.25) is 0 Å². The van der Waals surface area contributed by atoms with Gasteiger partial charge in [0.05, 0.1) is 11.4 Å². The third-order valence-electron chi connectivity index (χ3n) is 5.52. The fourth-order valence-corrected chi connectivity index (χ4v) is 3.89. The van der Waals surface area contributed by atoms with Crippen molar-refractivity contribution < 1.29 is 0 Å². The van der Waals surface area contributed by atoms with Crippen molar-refractivity contribution in [3.8, 4) is 5.69 Å². The van der Waals surface area contributed by atoms with E-state index < -0.39 is 0 Å². The number of nitrogens with zero attached hydrogens (tertiary/aromatic N) is 3. The Morgan fingerprint density at radius 3 is 2.31 bits per heavy atom. The average Bonchev–Trinajstić information content (AvgIpc) is 2.88. The van der Waals surface area contributed by atoms with Gasteiger partial charge in [-0.15, -0.1) is 0 Å². The molecule has 2 heterocycles. The van der Waals surface area contributed by atoms with E-state index in [9.17, 15) is 0 Å². The number of aryl methyl sites for hydroxylation is 1. The van der Waals surface area contributed by atoms with Crippen molar-refractivity contribution in [3.63, 3.8) is 0 Å². The van der Waals surface area contributed by atoms with Gasteiger partial charge < -0.3 is 5.32 Å². The molecule has 0 atom stereocenters. The monoisotopic (exact) mass is 374 g/mol. The lowest BCUT2D eigenvalue weighted by Crippen LogP contribution is -2.49. The Morgan fingerprint density at radius 2 is 1.73 bits per heavy atom. The molecule has 1 aliphatic heterocycles. The Bertz CT molecular complexity index is 735. The lowest BCUT2D eigenvalue weighted by molar-refractivity contribution is 0.0960. The minimum Gasteiger partial charge on any atom is -0.310 e. The van der Waals surface area contributed by atoms with Gasteiger partial charge in [-0.05, 0) is 71.7 Å². The lowest BCUT2D eigenvalue weighted by Gasteiger charge is -2.41. The van der Waals surface area contributed by atoms with E-state index in [1.54, 1.807) is 0 Å². The average molecular weight is 375 g/mol. The highest BCUT2D eigenvalue weighted by molar-refractivity contribution is 6.30. The van der Waals surface area contributed by atoms with Crippen molar-refractivity contribution in [2.24, 2.45) is 0 Å². The Morgan fingerprint density at radius 1 is 1.12 bits per heavy atom. The first-order valence-corrected chi connectivity index (χ1v) is 9.93. The SMILES string of the molecule is Cc1nn(-c2ccc(Cl)cc2)c(C)c1CNC1CCN(C(C)(C)C)CC1. The second kappa shape index (κ2) is 7.71. The highest BCUT2D eigenvalue weighted by atomic mass is 35.5. The van der Waals surface area contributed by atoms with Gasteiger partial charge in [-0.25, -0.2) is 4.68 Å². The van der Waals surface area contributed by atoms with Crippen molar-refractivity contribution >= 4 is 11.6 Å². The predicted octanol–water partition coefficient (Wildman–Crippen LogP) is 4.50. The molecule has 3 rings (SSSR count). The summed E-state index contributed by atoms with van der Waals surface area (Å²) in [5.74, 6) is 0. The summed E-state index contributed by atoms with van der Waals surface area (Å²) in [7, 11) is 0. The van der Waals surface area contributed by atoms with Crippen molar-refractivity contribution in [2.45, 2.75) is 65.6 Å². The molecular formula is C21H31ClN4. The molecule has 0 spiro atoms. The van der Waals surface area contributed by atoms with Crippen LogP contribution in [0.3, 0.4) is 0 Å². The minimum absolute atomic E-state index is 0.276. The molecule has 1 N–H and O–H groups in total. The van der Waals surface area contributed by atoms with Crippen LogP contribution in [0, 0.1) is 13.8 Å². The van der Waals surface area contributed by atoms with Crippen LogP contribution in [0.15, 0.2) is 24.3 Å². The van der Waals surface area contributed by atoms with E-state index in [1.165, 1.54) is 37.2 Å². The Hall–Kier alpha value is -1.36. The fourth-order valence-electron chi connectivity index (χ4n) is 3.77. The van der Waals surface area contributed by atoms with Crippen molar-refractivity contribution in [2.75, 3.05) is 13.1 Å². The Kier molecular flexibility index (Phi) is 5.75. The van der Waals surface area contributed by atoms with Crippen LogP contribution in [-0.2, 0) is 6.54 Å². The molecule has 0 saturated carbocycles. The van der Waals surface area contributed by atoms with Gasteiger partial charge in [0, 0.05) is 47.5 Å². The zero-order valence-electron chi connectivity index (χ0n) is 16.6. The number of benzene rings is 1. The maximum atomic E-state index is 6.01. The molecule has 1 aromatic carbocycles. The highest BCUT2D eigenvalue weighted by Crippen LogP contribution is 2.22. The number of likely N-dealkylation sites (tertiary alicyclic amines) is 1. The van der Waals surface area contributed by atoms with Gasteiger partial charge in [-0.3, -0.25) is 4.90 Å². The third kappa shape index (κ3) is 4.30. The van der Waals surface area contributed by atoms with Crippen LogP contribution >= 0.6 is 11.6 Å². The molecule has 1 aliphatic rings. The molecule has 2 aromatic rings. The normalized spacial score (nSPS) is 17.0. The summed E-state index contributed by atoms with van der Waals surface area (Å²) in [4.78, 5) is 2.58. The fraction of sp³-hybridized carbons (Fsp3) is 0.571. The summed E-state index contributed by atoms with van der Waals surface area (Å²) < 4.78 is 2.02. The van der Waals surface area contributed by atoms with Crippen molar-refractivity contribution in [1.82, 2.24) is 20.0 Å². The summed E-state index contributed by atoms with van der Waals surface area (Å²) in [6, 6.07) is 8.44. The number of aromatic nitrogens is 2. The number of rotatable bonds is 4. The highest BCUT2D eigenvalue weighted by Gasteiger charge is 2.27. The molecule has 0 bridgehead atoms. The molecule has 1 aromatic heterocycles. The third-order valence-corrected chi connectivity index (χ3v) is 5.78. The molecule has 0 radical (unpaired) electrons. The van der Waals surface area contributed by atoms with E-state index in [1.807, 2.05) is 28.9 Å². The van der Waals surface area contributed by atoms with E-state index in [4.69, 9.17) is 16.7 Å². The van der Waals surface area contributed by atoms with E-state index in [2.05, 4.69) is 44.8 Å². The van der Waals surface area contributed by atoms with Gasteiger partial charge in [-0.1, -0.05) is 11.6 Å². The molecule has 0 unspecified atom stereocenters. The smallest absolute Gasteiger partial charge is 0.0649 e. The lowest BCUT2D eigenvalue weighted by atomic mass is 9.98. The first-order valence-electron chi connectivity index (χ1n) is 9.55. The molecule has 0 amide bonds. The molecule has 1 saturated heterocycles. The quantitative estimate of drug-likeness (QED) is 0.855. The van der Waals surface area contributed by atoms with Gasteiger partial charge in [0.25, 0.3) is 0 Å². The first kappa shape index (κ1) is 19.4. The van der Waals surface area contributed by atoms with E-state index in [0.717, 1.165) is 22.9 Å². The zero-order chi connectivity index (χ0) is 18.9. The number of nitrogens with one attached hydrogen (secondary N) is 1. The summed E-state index contributed by atoms with van der Waals surface area (Å²) >= 11 is 6.01. The van der Waals surface area contributed by atoms with Crippen LogP contribution in [0.1, 0.15) is 50.6 Å². The predicted molar refractivity (Wildman–Crippen MR) is 109 cm³/mol. The second-order valence-corrected chi connectivity index (χ2v) is 8.79. The van der Waals surface area contributed by atoms with E-state index >= 15 is 0 Å². The van der Waals surface area contributed by atoms with Crippen LogP contribution in [0.25, 0.3) is 5.69 Å². The second-order valence-electron chi connectivity index (χ2n) is 8.35. The number of piperidine rings is 1. The zero-order valence-corrected chi connectivity index (χ0v) is 17.4. The maximum Gasteiger partial charge on any atom is 0.0649 e. The summed E-state index contributed by atoms with van der Waals surface area (Å²) in [5, 5.41) is 9.26. The molecule has 4 nitrogen and oxygen atoms in total. The van der Waals surface area contributed by atoms with Gasteiger partial charge in [0.1, 0.15) is 0 Å².